The van der Waals surface area contributed by atoms with Gasteiger partial charge in [0.15, 0.2) is 0 Å². The molecule has 0 saturated heterocycles. The zero-order chi connectivity index (χ0) is 32.1. The van der Waals surface area contributed by atoms with Crippen LogP contribution in [0, 0.1) is 0 Å². The van der Waals surface area contributed by atoms with E-state index in [1.807, 2.05) is 6.07 Å². The van der Waals surface area contributed by atoms with Crippen LogP contribution in [0.4, 0.5) is 0 Å². The van der Waals surface area contributed by atoms with E-state index in [-0.39, 0.29) is 0 Å². The summed E-state index contributed by atoms with van der Waals surface area (Å²) in [4.78, 5) is 0. The lowest BCUT2D eigenvalue weighted by Gasteiger charge is -2.19. The average molecular weight is 625 g/mol. The number of furan rings is 2. The van der Waals surface area contributed by atoms with Crippen LogP contribution in [0.2, 0.25) is 0 Å². The van der Waals surface area contributed by atoms with Gasteiger partial charge >= 0.3 is 0 Å². The van der Waals surface area contributed by atoms with Crippen LogP contribution in [-0.2, 0) is 6.42 Å². The van der Waals surface area contributed by atoms with Gasteiger partial charge in [0, 0.05) is 32.8 Å². The van der Waals surface area contributed by atoms with E-state index in [9.17, 15) is 0 Å². The first kappa shape index (κ1) is 26.7. The van der Waals surface area contributed by atoms with E-state index in [1.165, 1.54) is 71.1 Å². The highest BCUT2D eigenvalue weighted by molar-refractivity contribution is 6.24. The molecular weight excluding hydrogens is 597 g/mol. The van der Waals surface area contributed by atoms with Crippen molar-refractivity contribution >= 4 is 71.3 Å². The minimum atomic E-state index is 0.908. The van der Waals surface area contributed by atoms with Crippen molar-refractivity contribution in [3.63, 3.8) is 0 Å². The highest BCUT2D eigenvalue weighted by Gasteiger charge is 2.21. The van der Waals surface area contributed by atoms with Crippen molar-refractivity contribution in [1.29, 1.82) is 0 Å². The van der Waals surface area contributed by atoms with Crippen molar-refractivity contribution in [2.24, 2.45) is 0 Å². The van der Waals surface area contributed by atoms with Gasteiger partial charge in [0.1, 0.15) is 16.7 Å². The first-order chi connectivity index (χ1) is 24.3. The summed E-state index contributed by atoms with van der Waals surface area (Å²) in [6.45, 7) is 0. The van der Waals surface area contributed by atoms with Gasteiger partial charge in [-0.3, -0.25) is 0 Å². The molecule has 2 aromatic heterocycles. The van der Waals surface area contributed by atoms with Crippen LogP contribution in [0.25, 0.3) is 105 Å². The molecular formula is C47H28O2. The molecule has 0 atom stereocenters. The fourth-order valence-corrected chi connectivity index (χ4v) is 8.34. The lowest BCUT2D eigenvalue weighted by molar-refractivity contribution is 0.617. The maximum atomic E-state index is 6.69. The van der Waals surface area contributed by atoms with Crippen molar-refractivity contribution < 1.29 is 8.83 Å². The molecule has 2 heteroatoms. The predicted molar refractivity (Wildman–Crippen MR) is 205 cm³/mol. The molecule has 2 nitrogen and oxygen atoms in total. The fraction of sp³-hybridized carbons (Fsp3) is 0.0213. The summed E-state index contributed by atoms with van der Waals surface area (Å²) in [6, 6.07) is 50.8. The predicted octanol–water partition coefficient (Wildman–Crippen LogP) is 13.4. The van der Waals surface area contributed by atoms with E-state index in [2.05, 4.69) is 146 Å². The van der Waals surface area contributed by atoms with E-state index < -0.39 is 0 Å². The Morgan fingerprint density at radius 2 is 1.16 bits per heavy atom. The van der Waals surface area contributed by atoms with Crippen LogP contribution in [0.1, 0.15) is 11.1 Å². The Hall–Kier alpha value is -6.38. The maximum Gasteiger partial charge on any atom is 0.142 e. The lowest BCUT2D eigenvalue weighted by Crippen LogP contribution is -1.92. The molecule has 1 aliphatic rings. The summed E-state index contributed by atoms with van der Waals surface area (Å²) >= 11 is 0. The van der Waals surface area contributed by atoms with Crippen molar-refractivity contribution in [2.75, 3.05) is 0 Å². The molecule has 1 aliphatic carbocycles. The van der Waals surface area contributed by atoms with Crippen molar-refractivity contribution in [1.82, 2.24) is 0 Å². The SMILES string of the molecule is C1=Cc2c(ccc3c2oc2cc(-c4c5ccccc5c(-c5cccc6ccoc56)c5ccc(-c6cccc7ccccc67)cc45)ccc23)C1. The molecule has 0 saturated carbocycles. The van der Waals surface area contributed by atoms with Gasteiger partial charge in [-0.15, -0.1) is 0 Å². The molecule has 0 unspecified atom stereocenters. The highest BCUT2D eigenvalue weighted by atomic mass is 16.3. The third-order valence-corrected chi connectivity index (χ3v) is 10.6. The largest absolute Gasteiger partial charge is 0.464 e. The Labute approximate surface area is 282 Å². The summed E-state index contributed by atoms with van der Waals surface area (Å²) in [5, 5.41) is 10.7. The first-order valence-electron chi connectivity index (χ1n) is 16.9. The van der Waals surface area contributed by atoms with E-state index in [4.69, 9.17) is 8.83 Å². The monoisotopic (exact) mass is 624 g/mol. The number of fused-ring (bicyclic) bond motifs is 9. The van der Waals surface area contributed by atoms with E-state index in [0.29, 0.717) is 0 Å². The molecule has 11 rings (SSSR count). The van der Waals surface area contributed by atoms with Crippen LogP contribution < -0.4 is 0 Å². The van der Waals surface area contributed by atoms with Gasteiger partial charge in [0.2, 0.25) is 0 Å². The van der Waals surface area contributed by atoms with Gasteiger partial charge in [-0.1, -0.05) is 127 Å². The summed E-state index contributed by atoms with van der Waals surface area (Å²) in [5.41, 5.74) is 12.4. The highest BCUT2D eigenvalue weighted by Crippen LogP contribution is 2.47. The standard InChI is InChI=1S/C47H28O2/c1-2-12-33-28(8-1)9-5-15-34(33)31-19-22-39-42(26-31)44(32-20-21-36-40-23-18-29-10-6-16-35(29)47(40)49-43(36)27-32)37-13-3-4-14-38(37)45(39)41-17-7-11-30-24-25-48-46(30)41/h1-9,11-27H,10H2. The van der Waals surface area contributed by atoms with Gasteiger partial charge in [-0.25, -0.2) is 0 Å². The molecule has 0 amide bonds. The molecule has 0 fully saturated rings. The molecule has 0 radical (unpaired) electrons. The zero-order valence-electron chi connectivity index (χ0n) is 26.5. The second-order valence-electron chi connectivity index (χ2n) is 13.2. The van der Waals surface area contributed by atoms with Crippen LogP contribution in [0.5, 0.6) is 0 Å². The topological polar surface area (TPSA) is 26.3 Å². The molecule has 0 aliphatic heterocycles. The summed E-state index contributed by atoms with van der Waals surface area (Å²) in [5.74, 6) is 0. The van der Waals surface area contributed by atoms with E-state index >= 15 is 0 Å². The summed E-state index contributed by atoms with van der Waals surface area (Å²) in [6.07, 6.45) is 7.18. The molecule has 0 N–H and O–H groups in total. The quantitative estimate of drug-likeness (QED) is 0.183. The number of benzene rings is 8. The second-order valence-corrected chi connectivity index (χ2v) is 13.2. The minimum absolute atomic E-state index is 0.908. The molecule has 0 spiro atoms. The van der Waals surface area contributed by atoms with Gasteiger partial charge in [-0.05, 0) is 90.8 Å². The van der Waals surface area contributed by atoms with Crippen molar-refractivity contribution in [3.05, 3.63) is 163 Å². The second kappa shape index (κ2) is 10.1. The first-order valence-corrected chi connectivity index (χ1v) is 16.9. The zero-order valence-corrected chi connectivity index (χ0v) is 26.5. The summed E-state index contributed by atoms with van der Waals surface area (Å²) in [7, 11) is 0. The van der Waals surface area contributed by atoms with Crippen molar-refractivity contribution in [3.8, 4) is 33.4 Å². The minimum Gasteiger partial charge on any atom is -0.464 e. The lowest BCUT2D eigenvalue weighted by atomic mass is 9.84. The van der Waals surface area contributed by atoms with Crippen molar-refractivity contribution in [2.45, 2.75) is 6.42 Å². The fourth-order valence-electron chi connectivity index (χ4n) is 8.34. The third-order valence-electron chi connectivity index (χ3n) is 10.6. The number of hydrogen-bond donors (Lipinski definition) is 0. The number of rotatable bonds is 3. The van der Waals surface area contributed by atoms with Gasteiger partial charge in [0.25, 0.3) is 0 Å². The average Bonchev–Trinajstić information content (AvgIpc) is 3.92. The third kappa shape index (κ3) is 3.83. The number of para-hydroxylation sites is 1. The number of hydrogen-bond acceptors (Lipinski definition) is 2. The van der Waals surface area contributed by atoms with Crippen LogP contribution in [-0.4, -0.2) is 0 Å². The van der Waals surface area contributed by atoms with Gasteiger partial charge < -0.3 is 8.83 Å². The smallest absolute Gasteiger partial charge is 0.142 e. The summed E-state index contributed by atoms with van der Waals surface area (Å²) < 4.78 is 12.8. The molecule has 10 aromatic rings. The Bertz CT molecular complexity index is 3020. The van der Waals surface area contributed by atoms with E-state index in [0.717, 1.165) is 45.1 Å². The Morgan fingerprint density at radius 1 is 0.449 bits per heavy atom. The Morgan fingerprint density at radius 3 is 2.08 bits per heavy atom. The molecule has 0 bridgehead atoms. The van der Waals surface area contributed by atoms with E-state index in [1.54, 1.807) is 6.26 Å². The normalized spacial score (nSPS) is 12.7. The maximum absolute atomic E-state index is 6.69. The molecule has 2 heterocycles. The molecule has 49 heavy (non-hydrogen) atoms. The Kier molecular flexibility index (Phi) is 5.47. The number of allylic oxidation sites excluding steroid dienone is 1. The van der Waals surface area contributed by atoms with Crippen LogP contribution in [0.3, 0.4) is 0 Å². The van der Waals surface area contributed by atoms with Crippen LogP contribution >= 0.6 is 0 Å². The molecule has 8 aromatic carbocycles. The Balaban J connectivity index is 1.26. The van der Waals surface area contributed by atoms with Gasteiger partial charge in [-0.2, -0.15) is 0 Å². The van der Waals surface area contributed by atoms with Gasteiger partial charge in [0.05, 0.1) is 6.26 Å². The molecule has 228 valence electrons. The van der Waals surface area contributed by atoms with Crippen LogP contribution in [0.15, 0.2) is 161 Å².